The van der Waals surface area contributed by atoms with Gasteiger partial charge in [0.15, 0.2) is 0 Å². The fraction of sp³-hybridized carbons (Fsp3) is 0.250. The average Bonchev–Trinajstić information content (AvgIpc) is 2.59. The van der Waals surface area contributed by atoms with Crippen LogP contribution in [0.25, 0.3) is 11.0 Å². The maximum Gasteiger partial charge on any atom is 0.335 e. The Morgan fingerprint density at radius 3 is 2.53 bits per heavy atom. The van der Waals surface area contributed by atoms with Crippen molar-refractivity contribution in [3.63, 3.8) is 0 Å². The molecule has 1 aromatic carbocycles. The first-order valence-corrected chi connectivity index (χ1v) is 4.90. The molecular weight excluding hydrogens is 192 g/mol. The van der Waals surface area contributed by atoms with Crippen LogP contribution in [0.3, 0.4) is 0 Å². The predicted molar refractivity (Wildman–Crippen MR) is 59.3 cm³/mol. The third kappa shape index (κ3) is 2.37. The van der Waals surface area contributed by atoms with Crippen LogP contribution in [0.2, 0.25) is 0 Å². The minimum absolute atomic E-state index is 0.285. The first-order valence-electron chi connectivity index (χ1n) is 4.90. The number of furan rings is 1. The molecule has 0 spiro atoms. The summed E-state index contributed by atoms with van der Waals surface area (Å²) in [6, 6.07) is 6.63. The number of aromatic carboxylic acids is 1. The summed E-state index contributed by atoms with van der Waals surface area (Å²) < 4.78 is 5.31. The number of rotatable bonds is 1. The van der Waals surface area contributed by atoms with Crippen molar-refractivity contribution < 1.29 is 14.3 Å². The molecule has 0 aliphatic heterocycles. The fourth-order valence-corrected chi connectivity index (χ4v) is 1.31. The topological polar surface area (TPSA) is 50.4 Å². The van der Waals surface area contributed by atoms with Gasteiger partial charge in [-0.25, -0.2) is 4.79 Å². The largest absolute Gasteiger partial charge is 0.478 e. The van der Waals surface area contributed by atoms with E-state index in [2.05, 4.69) is 0 Å². The van der Waals surface area contributed by atoms with Crippen LogP contribution in [0.15, 0.2) is 28.7 Å². The first-order chi connectivity index (χ1) is 7.16. The molecule has 80 valence electrons. The smallest absolute Gasteiger partial charge is 0.335 e. The van der Waals surface area contributed by atoms with E-state index in [1.165, 1.54) is 6.07 Å². The van der Waals surface area contributed by atoms with Gasteiger partial charge < -0.3 is 9.52 Å². The van der Waals surface area contributed by atoms with Crippen LogP contribution in [0.5, 0.6) is 0 Å². The monoisotopic (exact) mass is 206 g/mol. The Kier molecular flexibility index (Phi) is 3.50. The van der Waals surface area contributed by atoms with Gasteiger partial charge >= 0.3 is 5.97 Å². The van der Waals surface area contributed by atoms with E-state index in [9.17, 15) is 4.79 Å². The number of benzene rings is 1. The number of hydrogen-bond donors (Lipinski definition) is 1. The molecule has 0 saturated carbocycles. The third-order valence-electron chi connectivity index (χ3n) is 1.89. The maximum atomic E-state index is 10.6. The molecule has 15 heavy (non-hydrogen) atoms. The van der Waals surface area contributed by atoms with Crippen molar-refractivity contribution in [1.82, 2.24) is 0 Å². The van der Waals surface area contributed by atoms with Gasteiger partial charge in [0.2, 0.25) is 0 Å². The van der Waals surface area contributed by atoms with Crippen LogP contribution in [-0.4, -0.2) is 11.1 Å². The summed E-state index contributed by atoms with van der Waals surface area (Å²) >= 11 is 0. The Bertz CT molecular complexity index is 469. The van der Waals surface area contributed by atoms with Gasteiger partial charge in [-0.2, -0.15) is 0 Å². The zero-order valence-corrected chi connectivity index (χ0v) is 9.07. The van der Waals surface area contributed by atoms with Crippen molar-refractivity contribution in [3.8, 4) is 0 Å². The first kappa shape index (κ1) is 11.3. The maximum absolute atomic E-state index is 10.6. The number of carbonyl (C=O) groups is 1. The quantitative estimate of drug-likeness (QED) is 0.777. The van der Waals surface area contributed by atoms with Gasteiger partial charge in [-0.05, 0) is 31.2 Å². The van der Waals surface area contributed by atoms with Gasteiger partial charge in [-0.3, -0.25) is 0 Å². The van der Waals surface area contributed by atoms with Crippen LogP contribution in [0, 0.1) is 6.92 Å². The van der Waals surface area contributed by atoms with E-state index in [-0.39, 0.29) is 5.56 Å². The molecule has 0 fully saturated rings. The lowest BCUT2D eigenvalue weighted by atomic mass is 10.1. The standard InChI is InChI=1S/C10H8O3.C2H6/c1-6-4-8-5-7(10(11)12)2-3-9(8)13-6;1-2/h2-5H,1H3,(H,11,12);1-2H3. The number of fused-ring (bicyclic) bond motifs is 1. The lowest BCUT2D eigenvalue weighted by Gasteiger charge is -1.92. The van der Waals surface area contributed by atoms with Crippen molar-refractivity contribution in [2.75, 3.05) is 0 Å². The van der Waals surface area contributed by atoms with E-state index in [0.29, 0.717) is 0 Å². The average molecular weight is 206 g/mol. The molecule has 0 unspecified atom stereocenters. The predicted octanol–water partition coefficient (Wildman–Crippen LogP) is 3.47. The minimum Gasteiger partial charge on any atom is -0.478 e. The molecule has 0 amide bonds. The van der Waals surface area contributed by atoms with Crippen molar-refractivity contribution >= 4 is 16.9 Å². The van der Waals surface area contributed by atoms with Crippen molar-refractivity contribution in [2.24, 2.45) is 0 Å². The Morgan fingerprint density at radius 1 is 1.27 bits per heavy atom. The minimum atomic E-state index is -0.916. The van der Waals surface area contributed by atoms with Gasteiger partial charge in [0.25, 0.3) is 0 Å². The second-order valence-electron chi connectivity index (χ2n) is 2.91. The van der Waals surface area contributed by atoms with Gasteiger partial charge in [-0.1, -0.05) is 13.8 Å². The molecule has 0 saturated heterocycles. The van der Waals surface area contributed by atoms with Crippen molar-refractivity contribution in [3.05, 3.63) is 35.6 Å². The van der Waals surface area contributed by atoms with E-state index in [1.807, 2.05) is 26.8 Å². The molecule has 2 rings (SSSR count). The van der Waals surface area contributed by atoms with Crippen molar-refractivity contribution in [1.29, 1.82) is 0 Å². The van der Waals surface area contributed by atoms with E-state index in [4.69, 9.17) is 9.52 Å². The fourth-order valence-electron chi connectivity index (χ4n) is 1.31. The number of aryl methyl sites for hydroxylation is 1. The van der Waals surface area contributed by atoms with Crippen LogP contribution >= 0.6 is 0 Å². The molecular formula is C12H14O3. The summed E-state index contributed by atoms with van der Waals surface area (Å²) in [5, 5.41) is 9.55. The van der Waals surface area contributed by atoms with Gasteiger partial charge in [-0.15, -0.1) is 0 Å². The second-order valence-corrected chi connectivity index (χ2v) is 2.91. The lowest BCUT2D eigenvalue weighted by molar-refractivity contribution is 0.0697. The molecule has 1 heterocycles. The third-order valence-corrected chi connectivity index (χ3v) is 1.89. The molecule has 0 aliphatic rings. The SMILES string of the molecule is CC.Cc1cc2cc(C(=O)O)ccc2o1. The zero-order chi connectivity index (χ0) is 11.4. The molecule has 0 atom stereocenters. The summed E-state index contributed by atoms with van der Waals surface area (Å²) in [5.41, 5.74) is 1.01. The Hall–Kier alpha value is -1.77. The second kappa shape index (κ2) is 4.64. The molecule has 3 heteroatoms. The van der Waals surface area contributed by atoms with Crippen LogP contribution in [0.1, 0.15) is 30.0 Å². The summed E-state index contributed by atoms with van der Waals surface area (Å²) in [5.74, 6) is -0.127. The molecule has 3 nitrogen and oxygen atoms in total. The highest BCUT2D eigenvalue weighted by Crippen LogP contribution is 2.19. The highest BCUT2D eigenvalue weighted by molar-refractivity contribution is 5.93. The molecule has 0 radical (unpaired) electrons. The van der Waals surface area contributed by atoms with E-state index >= 15 is 0 Å². The molecule has 1 N–H and O–H groups in total. The highest BCUT2D eigenvalue weighted by atomic mass is 16.4. The molecule has 2 aromatic rings. The van der Waals surface area contributed by atoms with Gasteiger partial charge in [0, 0.05) is 5.39 Å². The summed E-state index contributed by atoms with van der Waals surface area (Å²) in [6.45, 7) is 5.83. The number of hydrogen-bond acceptors (Lipinski definition) is 2. The summed E-state index contributed by atoms with van der Waals surface area (Å²) in [4.78, 5) is 10.6. The van der Waals surface area contributed by atoms with Gasteiger partial charge in [0.1, 0.15) is 11.3 Å². The van der Waals surface area contributed by atoms with Crippen LogP contribution in [-0.2, 0) is 0 Å². The van der Waals surface area contributed by atoms with E-state index in [1.54, 1.807) is 12.1 Å². The summed E-state index contributed by atoms with van der Waals surface area (Å²) in [6.07, 6.45) is 0. The molecule has 0 bridgehead atoms. The summed E-state index contributed by atoms with van der Waals surface area (Å²) in [7, 11) is 0. The lowest BCUT2D eigenvalue weighted by Crippen LogP contribution is -1.94. The Labute approximate surface area is 88.3 Å². The van der Waals surface area contributed by atoms with Crippen molar-refractivity contribution in [2.45, 2.75) is 20.8 Å². The highest BCUT2D eigenvalue weighted by Gasteiger charge is 2.05. The van der Waals surface area contributed by atoms with E-state index in [0.717, 1.165) is 16.7 Å². The van der Waals surface area contributed by atoms with Crippen LogP contribution < -0.4 is 0 Å². The molecule has 0 aliphatic carbocycles. The zero-order valence-electron chi connectivity index (χ0n) is 9.07. The number of carboxylic acids is 1. The normalized spacial score (nSPS) is 9.53. The number of carboxylic acid groups (broad SMARTS) is 1. The molecule has 1 aromatic heterocycles. The van der Waals surface area contributed by atoms with E-state index < -0.39 is 5.97 Å². The Balaban J connectivity index is 0.000000531. The van der Waals surface area contributed by atoms with Gasteiger partial charge in [0.05, 0.1) is 5.56 Å². The Morgan fingerprint density at radius 2 is 1.93 bits per heavy atom. The van der Waals surface area contributed by atoms with Crippen LogP contribution in [0.4, 0.5) is 0 Å².